The number of hydrogen-bond acceptors (Lipinski definition) is 5. The first-order chi connectivity index (χ1) is 15.9. The lowest BCUT2D eigenvalue weighted by atomic mass is 10.2. The van der Waals surface area contributed by atoms with E-state index in [4.69, 9.17) is 21.4 Å². The Morgan fingerprint density at radius 3 is 2.42 bits per heavy atom. The van der Waals surface area contributed by atoms with Crippen LogP contribution in [-0.2, 0) is 0 Å². The number of benzene rings is 3. The molecule has 0 aliphatic carbocycles. The molecular weight excluding hydrogens is 506 g/mol. The molecule has 0 aliphatic rings. The van der Waals surface area contributed by atoms with Crippen molar-refractivity contribution in [2.45, 2.75) is 0 Å². The van der Waals surface area contributed by atoms with Crippen molar-refractivity contribution in [3.63, 3.8) is 0 Å². The molecule has 0 saturated carbocycles. The van der Waals surface area contributed by atoms with Crippen molar-refractivity contribution in [1.82, 2.24) is 5.32 Å². The number of rotatable bonds is 5. The fourth-order valence-electron chi connectivity index (χ4n) is 3.15. The third-order valence-electron chi connectivity index (χ3n) is 4.66. The fourth-order valence-corrected chi connectivity index (χ4v) is 3.72. The molecule has 0 unspecified atom stereocenters. The van der Waals surface area contributed by atoms with E-state index in [1.807, 2.05) is 18.2 Å². The molecule has 166 valence electrons. The Morgan fingerprint density at radius 1 is 0.909 bits per heavy atom. The minimum Gasteiger partial charge on any atom is -0.496 e. The zero-order valence-corrected chi connectivity index (χ0v) is 19.7. The minimum absolute atomic E-state index is 0.0998. The highest BCUT2D eigenvalue weighted by atomic mass is 79.9. The van der Waals surface area contributed by atoms with Gasteiger partial charge in [-0.3, -0.25) is 14.9 Å². The molecule has 0 saturated heterocycles. The van der Waals surface area contributed by atoms with Gasteiger partial charge >= 0.3 is 0 Å². The van der Waals surface area contributed by atoms with Crippen molar-refractivity contribution in [3.05, 3.63) is 88.6 Å². The normalized spacial score (nSPS) is 10.5. The molecule has 33 heavy (non-hydrogen) atoms. The van der Waals surface area contributed by atoms with Gasteiger partial charge in [0.2, 0.25) is 0 Å². The van der Waals surface area contributed by atoms with Gasteiger partial charge in [0, 0.05) is 21.2 Å². The molecule has 1 heterocycles. The summed E-state index contributed by atoms with van der Waals surface area (Å²) in [6.07, 6.45) is 0. The van der Waals surface area contributed by atoms with Gasteiger partial charge in [-0.15, -0.1) is 0 Å². The molecular formula is C24H18BrN3O4S. The Balaban J connectivity index is 1.41. The SMILES string of the molecule is COc1ccc(Br)cc1C(=O)NC(=S)Nc1cccc(NC(=O)c2cc3ccccc3o2)c1. The number of fused-ring (bicyclic) bond motifs is 1. The maximum atomic E-state index is 12.6. The van der Waals surface area contributed by atoms with Gasteiger partial charge in [0.05, 0.1) is 12.7 Å². The van der Waals surface area contributed by atoms with Crippen LogP contribution < -0.4 is 20.7 Å². The summed E-state index contributed by atoms with van der Waals surface area (Å²) in [5.74, 6) is -0.157. The lowest BCUT2D eigenvalue weighted by Gasteiger charge is -2.13. The molecule has 0 fully saturated rings. The molecule has 4 aromatic rings. The molecule has 3 aromatic carbocycles. The number of halogens is 1. The summed E-state index contributed by atoms with van der Waals surface area (Å²) in [6, 6.07) is 21.1. The summed E-state index contributed by atoms with van der Waals surface area (Å²) in [4.78, 5) is 25.2. The fraction of sp³-hybridized carbons (Fsp3) is 0.0417. The van der Waals surface area contributed by atoms with Gasteiger partial charge < -0.3 is 19.8 Å². The number of para-hydroxylation sites is 1. The minimum atomic E-state index is -0.417. The highest BCUT2D eigenvalue weighted by molar-refractivity contribution is 9.10. The standard InChI is InChI=1S/C24H18BrN3O4S/c1-31-20-10-9-15(25)12-18(20)22(29)28-24(33)27-17-7-4-6-16(13-17)26-23(30)21-11-14-5-2-3-8-19(14)32-21/h2-13H,1H3,(H,26,30)(H2,27,28,29,33). The number of hydrogen-bond donors (Lipinski definition) is 3. The molecule has 0 spiro atoms. The Hall–Kier alpha value is -3.69. The molecule has 0 bridgehead atoms. The Bertz CT molecular complexity index is 1340. The molecule has 4 rings (SSSR count). The second kappa shape index (κ2) is 9.85. The largest absolute Gasteiger partial charge is 0.496 e. The van der Waals surface area contributed by atoms with Crippen molar-refractivity contribution < 1.29 is 18.7 Å². The summed E-state index contributed by atoms with van der Waals surface area (Å²) >= 11 is 8.61. The second-order valence-corrected chi connectivity index (χ2v) is 8.26. The zero-order chi connectivity index (χ0) is 23.4. The molecule has 0 radical (unpaired) electrons. The van der Waals surface area contributed by atoms with E-state index in [0.717, 1.165) is 9.86 Å². The van der Waals surface area contributed by atoms with Crippen molar-refractivity contribution in [1.29, 1.82) is 0 Å². The smallest absolute Gasteiger partial charge is 0.291 e. The predicted octanol–water partition coefficient (Wildman–Crippen LogP) is 5.58. The lowest BCUT2D eigenvalue weighted by Crippen LogP contribution is -2.34. The third kappa shape index (κ3) is 5.39. The third-order valence-corrected chi connectivity index (χ3v) is 5.36. The molecule has 3 N–H and O–H groups in total. The number of amides is 2. The Kier molecular flexibility index (Phi) is 6.71. The van der Waals surface area contributed by atoms with Gasteiger partial charge in [-0.25, -0.2) is 0 Å². The van der Waals surface area contributed by atoms with Crippen LogP contribution >= 0.6 is 28.1 Å². The van der Waals surface area contributed by atoms with Gasteiger partial charge in [0.15, 0.2) is 10.9 Å². The van der Waals surface area contributed by atoms with Crippen molar-refractivity contribution in [2.24, 2.45) is 0 Å². The topological polar surface area (TPSA) is 92.6 Å². The van der Waals surface area contributed by atoms with Crippen LogP contribution in [0.2, 0.25) is 0 Å². The number of carbonyl (C=O) groups is 2. The number of methoxy groups -OCH3 is 1. The van der Waals surface area contributed by atoms with Crippen LogP contribution in [0.25, 0.3) is 11.0 Å². The van der Waals surface area contributed by atoms with E-state index in [0.29, 0.717) is 28.3 Å². The second-order valence-electron chi connectivity index (χ2n) is 6.94. The lowest BCUT2D eigenvalue weighted by molar-refractivity contribution is 0.0972. The Labute approximate surface area is 203 Å². The number of carbonyl (C=O) groups excluding carboxylic acids is 2. The molecule has 2 amide bonds. The summed E-state index contributed by atoms with van der Waals surface area (Å²) in [7, 11) is 1.49. The van der Waals surface area contributed by atoms with Gasteiger partial charge in [-0.2, -0.15) is 0 Å². The number of thiocarbonyl (C=S) groups is 1. The number of furan rings is 1. The molecule has 0 atom stereocenters. The molecule has 0 aliphatic heterocycles. The van der Waals surface area contributed by atoms with E-state index in [9.17, 15) is 9.59 Å². The number of nitrogens with one attached hydrogen (secondary N) is 3. The summed E-state index contributed by atoms with van der Waals surface area (Å²) in [5, 5.41) is 9.31. The van der Waals surface area contributed by atoms with Crippen molar-refractivity contribution >= 4 is 67.4 Å². The molecule has 9 heteroatoms. The zero-order valence-electron chi connectivity index (χ0n) is 17.3. The predicted molar refractivity (Wildman–Crippen MR) is 135 cm³/mol. The average molecular weight is 524 g/mol. The maximum Gasteiger partial charge on any atom is 0.291 e. The Morgan fingerprint density at radius 2 is 1.67 bits per heavy atom. The van der Waals surface area contributed by atoms with E-state index in [2.05, 4.69) is 31.9 Å². The van der Waals surface area contributed by atoms with Crippen LogP contribution in [0, 0.1) is 0 Å². The maximum absolute atomic E-state index is 12.6. The van der Waals surface area contributed by atoms with Crippen LogP contribution in [0.5, 0.6) is 5.75 Å². The first-order valence-electron chi connectivity index (χ1n) is 9.79. The van der Waals surface area contributed by atoms with Gasteiger partial charge in [0.1, 0.15) is 11.3 Å². The summed E-state index contributed by atoms with van der Waals surface area (Å²) in [5.41, 5.74) is 2.10. The highest BCUT2D eigenvalue weighted by Gasteiger charge is 2.15. The number of ether oxygens (including phenoxy) is 1. The van der Waals surface area contributed by atoms with Crippen LogP contribution in [0.4, 0.5) is 11.4 Å². The summed E-state index contributed by atoms with van der Waals surface area (Å²) < 4.78 is 11.6. The average Bonchev–Trinajstić information content (AvgIpc) is 3.24. The van der Waals surface area contributed by atoms with E-state index in [-0.39, 0.29) is 16.8 Å². The quantitative estimate of drug-likeness (QED) is 0.295. The van der Waals surface area contributed by atoms with Crippen molar-refractivity contribution in [3.8, 4) is 5.75 Å². The van der Waals surface area contributed by atoms with E-state index < -0.39 is 5.91 Å². The van der Waals surface area contributed by atoms with Crippen LogP contribution in [0.1, 0.15) is 20.9 Å². The monoisotopic (exact) mass is 523 g/mol. The van der Waals surface area contributed by atoms with E-state index in [1.54, 1.807) is 54.6 Å². The van der Waals surface area contributed by atoms with E-state index in [1.165, 1.54) is 7.11 Å². The van der Waals surface area contributed by atoms with E-state index >= 15 is 0 Å². The molecule has 1 aromatic heterocycles. The first-order valence-corrected chi connectivity index (χ1v) is 11.0. The number of anilines is 2. The molecule has 7 nitrogen and oxygen atoms in total. The van der Waals surface area contributed by atoms with Crippen LogP contribution in [0.3, 0.4) is 0 Å². The van der Waals surface area contributed by atoms with Crippen LogP contribution in [0.15, 0.2) is 81.7 Å². The van der Waals surface area contributed by atoms with Gasteiger partial charge in [-0.05, 0) is 60.7 Å². The first kappa shape index (κ1) is 22.5. The van der Waals surface area contributed by atoms with Gasteiger partial charge in [0.25, 0.3) is 11.8 Å². The van der Waals surface area contributed by atoms with Crippen molar-refractivity contribution in [2.75, 3.05) is 17.7 Å². The van der Waals surface area contributed by atoms with Gasteiger partial charge in [-0.1, -0.05) is 40.2 Å². The van der Waals surface area contributed by atoms with Crippen LogP contribution in [-0.4, -0.2) is 24.0 Å². The highest BCUT2D eigenvalue weighted by Crippen LogP contribution is 2.23. The summed E-state index contributed by atoms with van der Waals surface area (Å²) in [6.45, 7) is 0.